The normalized spacial score (nSPS) is 21.4. The van der Waals surface area contributed by atoms with Crippen molar-refractivity contribution in [1.82, 2.24) is 0 Å². The standard InChI is InChI=1S/C15H18BrFN2O/c1-19-13-7-10(16)11(17)8-12(13)18-14(20)9-15(19)5-3-2-4-6-15/h7-8H,2-6,9H2,1H3,(H,18,20). The first kappa shape index (κ1) is 13.9. The van der Waals surface area contributed by atoms with Crippen LogP contribution in [0, 0.1) is 5.82 Å². The van der Waals surface area contributed by atoms with Crippen molar-refractivity contribution in [2.45, 2.75) is 44.1 Å². The van der Waals surface area contributed by atoms with Crippen LogP contribution in [0.3, 0.4) is 0 Å². The fourth-order valence-corrected chi connectivity index (χ4v) is 3.83. The zero-order valence-electron chi connectivity index (χ0n) is 11.5. The molecule has 5 heteroatoms. The van der Waals surface area contributed by atoms with Gasteiger partial charge in [-0.25, -0.2) is 4.39 Å². The van der Waals surface area contributed by atoms with Crippen LogP contribution in [0.25, 0.3) is 0 Å². The Balaban J connectivity index is 2.10. The van der Waals surface area contributed by atoms with E-state index >= 15 is 0 Å². The minimum atomic E-state index is -0.350. The first-order chi connectivity index (χ1) is 9.52. The number of carbonyl (C=O) groups is 1. The molecule has 1 saturated carbocycles. The van der Waals surface area contributed by atoms with Crippen LogP contribution in [0.15, 0.2) is 16.6 Å². The van der Waals surface area contributed by atoms with Gasteiger partial charge in [-0.3, -0.25) is 4.79 Å². The maximum Gasteiger partial charge on any atom is 0.226 e. The SMILES string of the molecule is CN1c2cc(Br)c(F)cc2NC(=O)CC12CCCCC2. The Morgan fingerprint density at radius 3 is 2.70 bits per heavy atom. The van der Waals surface area contributed by atoms with Crippen LogP contribution in [0.1, 0.15) is 38.5 Å². The maximum absolute atomic E-state index is 13.7. The van der Waals surface area contributed by atoms with Gasteiger partial charge in [0.05, 0.1) is 22.3 Å². The van der Waals surface area contributed by atoms with Gasteiger partial charge >= 0.3 is 0 Å². The van der Waals surface area contributed by atoms with E-state index in [0.717, 1.165) is 31.4 Å². The summed E-state index contributed by atoms with van der Waals surface area (Å²) < 4.78 is 14.1. The molecule has 0 radical (unpaired) electrons. The Morgan fingerprint density at radius 1 is 1.30 bits per heavy atom. The molecular weight excluding hydrogens is 323 g/mol. The summed E-state index contributed by atoms with van der Waals surface area (Å²) in [6, 6.07) is 3.17. The van der Waals surface area contributed by atoms with Gasteiger partial charge in [0.15, 0.2) is 0 Å². The number of nitrogens with zero attached hydrogens (tertiary/aromatic N) is 1. The second-order valence-electron chi connectivity index (χ2n) is 5.85. The Morgan fingerprint density at radius 2 is 2.00 bits per heavy atom. The third-order valence-corrected chi connectivity index (χ3v) is 5.27. The molecule has 0 aromatic heterocycles. The molecule has 2 aliphatic rings. The first-order valence-corrected chi connectivity index (χ1v) is 7.84. The fourth-order valence-electron chi connectivity index (χ4n) is 3.50. The van der Waals surface area contributed by atoms with Crippen LogP contribution < -0.4 is 10.2 Å². The predicted molar refractivity (Wildman–Crippen MR) is 81.6 cm³/mol. The number of hydrogen-bond acceptors (Lipinski definition) is 2. The van der Waals surface area contributed by atoms with E-state index in [9.17, 15) is 9.18 Å². The summed E-state index contributed by atoms with van der Waals surface area (Å²) in [4.78, 5) is 14.4. The molecule has 20 heavy (non-hydrogen) atoms. The van der Waals surface area contributed by atoms with E-state index in [1.165, 1.54) is 12.5 Å². The first-order valence-electron chi connectivity index (χ1n) is 7.05. The molecule has 1 aliphatic carbocycles. The topological polar surface area (TPSA) is 32.3 Å². The van der Waals surface area contributed by atoms with Gasteiger partial charge in [0.2, 0.25) is 5.91 Å². The maximum atomic E-state index is 13.7. The van der Waals surface area contributed by atoms with Gasteiger partial charge in [0, 0.05) is 18.7 Å². The van der Waals surface area contributed by atoms with E-state index in [0.29, 0.717) is 16.6 Å². The van der Waals surface area contributed by atoms with Crippen LogP contribution in [0.5, 0.6) is 0 Å². The Kier molecular flexibility index (Phi) is 3.48. The monoisotopic (exact) mass is 340 g/mol. The largest absolute Gasteiger partial charge is 0.367 e. The highest BCUT2D eigenvalue weighted by atomic mass is 79.9. The minimum Gasteiger partial charge on any atom is -0.367 e. The van der Waals surface area contributed by atoms with Crippen LogP contribution in [-0.4, -0.2) is 18.5 Å². The molecule has 1 heterocycles. The third-order valence-electron chi connectivity index (χ3n) is 4.66. The molecular formula is C15H18BrFN2O. The molecule has 1 aromatic carbocycles. The molecule has 1 fully saturated rings. The van der Waals surface area contributed by atoms with Gasteiger partial charge < -0.3 is 10.2 Å². The number of nitrogens with one attached hydrogen (secondary N) is 1. The van der Waals surface area contributed by atoms with Crippen LogP contribution in [-0.2, 0) is 4.79 Å². The number of fused-ring (bicyclic) bond motifs is 1. The van der Waals surface area contributed by atoms with E-state index in [-0.39, 0.29) is 17.3 Å². The lowest BCUT2D eigenvalue weighted by molar-refractivity contribution is -0.117. The molecule has 0 bridgehead atoms. The Hall–Kier alpha value is -1.10. The Bertz CT molecular complexity index is 555. The van der Waals surface area contributed by atoms with E-state index in [1.54, 1.807) is 6.07 Å². The van der Waals surface area contributed by atoms with Gasteiger partial charge in [-0.05, 0) is 34.8 Å². The van der Waals surface area contributed by atoms with Gasteiger partial charge in [0.1, 0.15) is 5.82 Å². The summed E-state index contributed by atoms with van der Waals surface area (Å²) in [7, 11) is 2.02. The lowest BCUT2D eigenvalue weighted by atomic mass is 9.78. The van der Waals surface area contributed by atoms with E-state index in [1.807, 2.05) is 7.05 Å². The summed E-state index contributed by atoms with van der Waals surface area (Å²) in [5.41, 5.74) is 1.34. The number of carbonyl (C=O) groups excluding carboxylic acids is 1. The number of benzene rings is 1. The highest BCUT2D eigenvalue weighted by Gasteiger charge is 2.41. The summed E-state index contributed by atoms with van der Waals surface area (Å²) in [6.07, 6.45) is 6.05. The summed E-state index contributed by atoms with van der Waals surface area (Å²) in [5.74, 6) is -0.365. The highest BCUT2D eigenvalue weighted by molar-refractivity contribution is 9.10. The van der Waals surface area contributed by atoms with Gasteiger partial charge in [-0.2, -0.15) is 0 Å². The van der Waals surface area contributed by atoms with Crippen molar-refractivity contribution in [1.29, 1.82) is 0 Å². The number of halogens is 2. The third kappa shape index (κ3) is 2.22. The average Bonchev–Trinajstić information content (AvgIpc) is 2.50. The van der Waals surface area contributed by atoms with Gasteiger partial charge in [0.25, 0.3) is 0 Å². The average molecular weight is 341 g/mol. The smallest absolute Gasteiger partial charge is 0.226 e. The molecule has 1 aromatic rings. The molecule has 108 valence electrons. The van der Waals surface area contributed by atoms with Crippen molar-refractivity contribution in [2.24, 2.45) is 0 Å². The Labute approximate surface area is 126 Å². The molecule has 0 saturated heterocycles. The summed E-state index contributed by atoms with van der Waals surface area (Å²) in [6.45, 7) is 0. The van der Waals surface area contributed by atoms with Crippen molar-refractivity contribution in [2.75, 3.05) is 17.3 Å². The molecule has 1 spiro atoms. The number of rotatable bonds is 0. The van der Waals surface area contributed by atoms with E-state index in [2.05, 4.69) is 26.1 Å². The second-order valence-corrected chi connectivity index (χ2v) is 6.71. The molecule has 3 nitrogen and oxygen atoms in total. The second kappa shape index (κ2) is 5.02. The van der Waals surface area contributed by atoms with E-state index < -0.39 is 0 Å². The lowest BCUT2D eigenvalue weighted by Crippen LogP contribution is -2.49. The molecule has 1 aliphatic heterocycles. The van der Waals surface area contributed by atoms with Gasteiger partial charge in [-0.15, -0.1) is 0 Å². The van der Waals surface area contributed by atoms with Crippen LogP contribution >= 0.6 is 15.9 Å². The molecule has 0 atom stereocenters. The summed E-state index contributed by atoms with van der Waals surface area (Å²) >= 11 is 3.24. The number of anilines is 2. The van der Waals surface area contributed by atoms with Crippen LogP contribution in [0.4, 0.5) is 15.8 Å². The number of amides is 1. The lowest BCUT2D eigenvalue weighted by Gasteiger charge is -2.44. The van der Waals surface area contributed by atoms with Crippen molar-refractivity contribution < 1.29 is 9.18 Å². The highest BCUT2D eigenvalue weighted by Crippen LogP contribution is 2.44. The fraction of sp³-hybridized carbons (Fsp3) is 0.533. The van der Waals surface area contributed by atoms with Gasteiger partial charge in [-0.1, -0.05) is 19.3 Å². The van der Waals surface area contributed by atoms with Crippen molar-refractivity contribution >= 4 is 33.2 Å². The van der Waals surface area contributed by atoms with Crippen molar-refractivity contribution in [3.63, 3.8) is 0 Å². The zero-order valence-corrected chi connectivity index (χ0v) is 13.1. The summed E-state index contributed by atoms with van der Waals surface area (Å²) in [5, 5.41) is 2.85. The molecule has 0 unspecified atom stereocenters. The quantitative estimate of drug-likeness (QED) is 0.772. The minimum absolute atomic E-state index is 0.0146. The molecule has 1 amide bonds. The molecule has 1 N–H and O–H groups in total. The molecule has 3 rings (SSSR count). The van der Waals surface area contributed by atoms with E-state index in [4.69, 9.17) is 0 Å². The van der Waals surface area contributed by atoms with Crippen molar-refractivity contribution in [3.05, 3.63) is 22.4 Å². The predicted octanol–water partition coefficient (Wildman–Crippen LogP) is 4.07. The number of hydrogen-bond donors (Lipinski definition) is 1. The van der Waals surface area contributed by atoms with Crippen molar-refractivity contribution in [3.8, 4) is 0 Å². The zero-order chi connectivity index (χ0) is 14.3. The van der Waals surface area contributed by atoms with Crippen LogP contribution in [0.2, 0.25) is 0 Å².